The second kappa shape index (κ2) is 8.48. The highest BCUT2D eigenvalue weighted by atomic mass is 16.5. The molecule has 0 spiro atoms. The summed E-state index contributed by atoms with van der Waals surface area (Å²) in [7, 11) is 1.62. The summed E-state index contributed by atoms with van der Waals surface area (Å²) in [5.74, 6) is 1.84. The van der Waals surface area contributed by atoms with Crippen LogP contribution in [0.2, 0.25) is 0 Å². The lowest BCUT2D eigenvalue weighted by atomic mass is 10.2. The topological polar surface area (TPSA) is 78.1 Å². The predicted molar refractivity (Wildman–Crippen MR) is 86.6 cm³/mol. The maximum atomic E-state index is 5.85. The normalized spacial score (nSPS) is 19.7. The first kappa shape index (κ1) is 16.4. The number of nitrogens with one attached hydrogen (secondary N) is 1. The molecule has 1 heterocycles. The molecule has 0 saturated carbocycles. The van der Waals surface area contributed by atoms with Crippen LogP contribution in [0.3, 0.4) is 0 Å². The van der Waals surface area contributed by atoms with E-state index in [0.29, 0.717) is 30.5 Å². The van der Waals surface area contributed by atoms with Crippen molar-refractivity contribution in [3.63, 3.8) is 0 Å². The fourth-order valence-electron chi connectivity index (χ4n) is 2.28. The summed E-state index contributed by atoms with van der Waals surface area (Å²) < 4.78 is 16.6. The van der Waals surface area contributed by atoms with Crippen molar-refractivity contribution in [2.75, 3.05) is 26.8 Å². The molecular weight excluding hydrogens is 282 g/mol. The van der Waals surface area contributed by atoms with Gasteiger partial charge in [-0.15, -0.1) is 0 Å². The molecule has 22 heavy (non-hydrogen) atoms. The average molecular weight is 307 g/mol. The third-order valence-corrected chi connectivity index (χ3v) is 3.45. The minimum Gasteiger partial charge on any atom is -0.493 e. The molecule has 1 aromatic carbocycles. The van der Waals surface area contributed by atoms with Crippen LogP contribution in [0.15, 0.2) is 29.3 Å². The molecule has 0 aromatic heterocycles. The van der Waals surface area contributed by atoms with Gasteiger partial charge >= 0.3 is 0 Å². The number of nitrogens with zero attached hydrogens (tertiary/aromatic N) is 1. The zero-order valence-corrected chi connectivity index (χ0v) is 13.2. The first-order valence-electron chi connectivity index (χ1n) is 7.64. The molecular formula is C16H25N3O3. The van der Waals surface area contributed by atoms with Crippen molar-refractivity contribution >= 4 is 5.96 Å². The third-order valence-electron chi connectivity index (χ3n) is 3.45. The van der Waals surface area contributed by atoms with E-state index >= 15 is 0 Å². The van der Waals surface area contributed by atoms with Gasteiger partial charge in [-0.2, -0.15) is 0 Å². The van der Waals surface area contributed by atoms with Gasteiger partial charge in [0.25, 0.3) is 0 Å². The Kier molecular flexibility index (Phi) is 6.33. The number of rotatable bonds is 7. The quantitative estimate of drug-likeness (QED) is 0.590. The summed E-state index contributed by atoms with van der Waals surface area (Å²) in [6.07, 6.45) is 2.34. The van der Waals surface area contributed by atoms with E-state index < -0.39 is 0 Å². The number of aliphatic imine (C=N–C) groups is 1. The van der Waals surface area contributed by atoms with E-state index in [1.165, 1.54) is 0 Å². The van der Waals surface area contributed by atoms with Gasteiger partial charge in [-0.3, -0.25) is 0 Å². The van der Waals surface area contributed by atoms with Crippen molar-refractivity contribution < 1.29 is 14.2 Å². The van der Waals surface area contributed by atoms with Gasteiger partial charge in [0.05, 0.1) is 19.8 Å². The Hall–Kier alpha value is -1.95. The van der Waals surface area contributed by atoms with Gasteiger partial charge in [0.2, 0.25) is 0 Å². The van der Waals surface area contributed by atoms with Gasteiger partial charge in [0, 0.05) is 13.2 Å². The van der Waals surface area contributed by atoms with Gasteiger partial charge in [-0.05, 0) is 31.9 Å². The van der Waals surface area contributed by atoms with Crippen LogP contribution < -0.4 is 20.5 Å². The minimum atomic E-state index is -0.0978. The van der Waals surface area contributed by atoms with Crippen LogP contribution >= 0.6 is 0 Å². The molecule has 1 aliphatic heterocycles. The van der Waals surface area contributed by atoms with Crippen molar-refractivity contribution in [2.45, 2.75) is 32.0 Å². The molecule has 6 nitrogen and oxygen atoms in total. The Morgan fingerprint density at radius 1 is 1.45 bits per heavy atom. The molecule has 3 N–H and O–H groups in total. The van der Waals surface area contributed by atoms with E-state index in [9.17, 15) is 0 Å². The largest absolute Gasteiger partial charge is 0.493 e. The SMILES string of the molecule is COc1ccccc1OC(C)CN=C(N)NCC1CCCO1. The number of para-hydroxylation sites is 2. The van der Waals surface area contributed by atoms with Gasteiger partial charge in [0.15, 0.2) is 17.5 Å². The van der Waals surface area contributed by atoms with Crippen LogP contribution in [0.25, 0.3) is 0 Å². The second-order valence-corrected chi connectivity index (χ2v) is 5.32. The molecule has 0 amide bonds. The summed E-state index contributed by atoms with van der Waals surface area (Å²) in [4.78, 5) is 4.30. The molecule has 2 rings (SSSR count). The van der Waals surface area contributed by atoms with Crippen molar-refractivity contribution in [1.29, 1.82) is 0 Å². The van der Waals surface area contributed by atoms with E-state index in [1.807, 2.05) is 31.2 Å². The maximum absolute atomic E-state index is 5.85. The summed E-state index contributed by atoms with van der Waals surface area (Å²) in [6.45, 7) is 3.97. The van der Waals surface area contributed by atoms with Crippen LogP contribution in [0.4, 0.5) is 0 Å². The van der Waals surface area contributed by atoms with E-state index in [0.717, 1.165) is 19.4 Å². The summed E-state index contributed by atoms with van der Waals surface area (Å²) in [5.41, 5.74) is 5.85. The molecule has 0 aliphatic carbocycles. The Bertz CT molecular complexity index is 487. The first-order chi connectivity index (χ1) is 10.7. The number of nitrogens with two attached hydrogens (primary N) is 1. The fraction of sp³-hybridized carbons (Fsp3) is 0.562. The van der Waals surface area contributed by atoms with E-state index in [1.54, 1.807) is 7.11 Å². The summed E-state index contributed by atoms with van der Waals surface area (Å²) in [5, 5.41) is 3.09. The Balaban J connectivity index is 1.75. The van der Waals surface area contributed by atoms with Crippen molar-refractivity contribution in [1.82, 2.24) is 5.32 Å². The molecule has 1 saturated heterocycles. The minimum absolute atomic E-state index is 0.0978. The monoisotopic (exact) mass is 307 g/mol. The van der Waals surface area contributed by atoms with Crippen LogP contribution in [-0.4, -0.2) is 45.0 Å². The second-order valence-electron chi connectivity index (χ2n) is 5.32. The van der Waals surface area contributed by atoms with Crippen LogP contribution in [-0.2, 0) is 4.74 Å². The number of methoxy groups -OCH3 is 1. The molecule has 0 radical (unpaired) electrons. The molecule has 1 aromatic rings. The predicted octanol–water partition coefficient (Wildman–Crippen LogP) is 1.55. The molecule has 1 aliphatic rings. The number of ether oxygens (including phenoxy) is 3. The molecule has 6 heteroatoms. The number of benzene rings is 1. The molecule has 2 unspecified atom stereocenters. The highest BCUT2D eigenvalue weighted by Gasteiger charge is 2.15. The fourth-order valence-corrected chi connectivity index (χ4v) is 2.28. The van der Waals surface area contributed by atoms with Gasteiger partial charge < -0.3 is 25.3 Å². The van der Waals surface area contributed by atoms with Crippen molar-refractivity contribution in [3.05, 3.63) is 24.3 Å². The molecule has 122 valence electrons. The lowest BCUT2D eigenvalue weighted by Crippen LogP contribution is -2.37. The van der Waals surface area contributed by atoms with Crippen LogP contribution in [0.1, 0.15) is 19.8 Å². The zero-order valence-electron chi connectivity index (χ0n) is 13.2. The van der Waals surface area contributed by atoms with E-state index in [2.05, 4.69) is 10.3 Å². The molecule has 2 atom stereocenters. The van der Waals surface area contributed by atoms with E-state index in [-0.39, 0.29) is 12.2 Å². The van der Waals surface area contributed by atoms with Gasteiger partial charge in [0.1, 0.15) is 6.10 Å². The average Bonchev–Trinajstić information content (AvgIpc) is 3.05. The zero-order chi connectivity index (χ0) is 15.8. The smallest absolute Gasteiger partial charge is 0.188 e. The summed E-state index contributed by atoms with van der Waals surface area (Å²) >= 11 is 0. The standard InChI is InChI=1S/C16H25N3O3/c1-12(22-15-8-4-3-7-14(15)20-2)10-18-16(17)19-11-13-6-5-9-21-13/h3-4,7-8,12-13H,5-6,9-11H2,1-2H3,(H3,17,18,19). The molecule has 0 bridgehead atoms. The van der Waals surface area contributed by atoms with E-state index in [4.69, 9.17) is 19.9 Å². The first-order valence-corrected chi connectivity index (χ1v) is 7.64. The Morgan fingerprint density at radius 2 is 2.23 bits per heavy atom. The van der Waals surface area contributed by atoms with Gasteiger partial charge in [-0.1, -0.05) is 12.1 Å². The lowest BCUT2D eigenvalue weighted by Gasteiger charge is -2.16. The number of guanidine groups is 1. The van der Waals surface area contributed by atoms with Crippen LogP contribution in [0.5, 0.6) is 11.5 Å². The van der Waals surface area contributed by atoms with Crippen molar-refractivity contribution in [3.8, 4) is 11.5 Å². The van der Waals surface area contributed by atoms with Gasteiger partial charge in [-0.25, -0.2) is 4.99 Å². The molecule has 1 fully saturated rings. The highest BCUT2D eigenvalue weighted by Crippen LogP contribution is 2.26. The van der Waals surface area contributed by atoms with Crippen molar-refractivity contribution in [2.24, 2.45) is 10.7 Å². The Labute approximate surface area is 131 Å². The number of hydrogen-bond donors (Lipinski definition) is 2. The lowest BCUT2D eigenvalue weighted by molar-refractivity contribution is 0.114. The highest BCUT2D eigenvalue weighted by molar-refractivity contribution is 5.77. The third kappa shape index (κ3) is 5.11. The van der Waals surface area contributed by atoms with Crippen LogP contribution in [0, 0.1) is 0 Å². The maximum Gasteiger partial charge on any atom is 0.188 e. The number of hydrogen-bond acceptors (Lipinski definition) is 4. The summed E-state index contributed by atoms with van der Waals surface area (Å²) in [6, 6.07) is 7.55. The Morgan fingerprint density at radius 3 is 2.91 bits per heavy atom.